The Bertz CT molecular complexity index is 842. The first-order valence-corrected chi connectivity index (χ1v) is 10.5. The highest BCUT2D eigenvalue weighted by Crippen LogP contribution is 2.14. The fourth-order valence-electron chi connectivity index (χ4n) is 2.23. The highest BCUT2D eigenvalue weighted by atomic mass is 32.2. The normalized spacial score (nSPS) is 12.4. The van der Waals surface area contributed by atoms with E-state index in [0.717, 1.165) is 29.2 Å². The SMILES string of the molecule is CN=C(NCCc1csc(C)n1)NCc1ccc(S(=O)(=O)N(C)C)cc1. The molecule has 9 heteroatoms. The number of guanidine groups is 1. The fraction of sp³-hybridized carbons (Fsp3) is 0.412. The Morgan fingerprint density at radius 3 is 2.46 bits per heavy atom. The minimum Gasteiger partial charge on any atom is -0.356 e. The Morgan fingerprint density at radius 2 is 1.92 bits per heavy atom. The molecule has 0 aliphatic carbocycles. The molecule has 0 aliphatic heterocycles. The van der Waals surface area contributed by atoms with Crippen molar-refractivity contribution in [1.29, 1.82) is 0 Å². The summed E-state index contributed by atoms with van der Waals surface area (Å²) in [5, 5.41) is 9.61. The van der Waals surface area contributed by atoms with E-state index >= 15 is 0 Å². The van der Waals surface area contributed by atoms with Crippen molar-refractivity contribution in [2.45, 2.75) is 24.8 Å². The molecule has 0 atom stereocenters. The average molecular weight is 396 g/mol. The molecule has 0 radical (unpaired) electrons. The van der Waals surface area contributed by atoms with E-state index in [1.807, 2.05) is 6.92 Å². The molecule has 2 aromatic rings. The van der Waals surface area contributed by atoms with Gasteiger partial charge in [0.05, 0.1) is 15.6 Å². The summed E-state index contributed by atoms with van der Waals surface area (Å²) in [6.45, 7) is 3.29. The lowest BCUT2D eigenvalue weighted by Gasteiger charge is -2.13. The van der Waals surface area contributed by atoms with Gasteiger partial charge in [0, 0.05) is 46.0 Å². The van der Waals surface area contributed by atoms with Gasteiger partial charge in [-0.25, -0.2) is 17.7 Å². The van der Waals surface area contributed by atoms with Crippen molar-refractivity contribution in [2.75, 3.05) is 27.7 Å². The van der Waals surface area contributed by atoms with Crippen LogP contribution in [0.3, 0.4) is 0 Å². The number of aryl methyl sites for hydroxylation is 1. The smallest absolute Gasteiger partial charge is 0.242 e. The summed E-state index contributed by atoms with van der Waals surface area (Å²) < 4.78 is 25.3. The molecule has 0 unspecified atom stereocenters. The third-order valence-electron chi connectivity index (χ3n) is 3.73. The second-order valence-corrected chi connectivity index (χ2v) is 9.11. The predicted molar refractivity (Wildman–Crippen MR) is 106 cm³/mol. The van der Waals surface area contributed by atoms with E-state index in [9.17, 15) is 8.42 Å². The first-order valence-electron chi connectivity index (χ1n) is 8.20. The zero-order valence-corrected chi connectivity index (χ0v) is 17.1. The van der Waals surface area contributed by atoms with Crippen LogP contribution in [0.4, 0.5) is 0 Å². The molecule has 0 saturated carbocycles. The second kappa shape index (κ2) is 9.11. The van der Waals surface area contributed by atoms with Gasteiger partial charge in [0.25, 0.3) is 0 Å². The number of aliphatic imine (C=N–C) groups is 1. The van der Waals surface area contributed by atoms with Crippen LogP contribution in [0.25, 0.3) is 0 Å². The van der Waals surface area contributed by atoms with Gasteiger partial charge in [-0.1, -0.05) is 12.1 Å². The van der Waals surface area contributed by atoms with E-state index in [2.05, 4.69) is 26.0 Å². The Balaban J connectivity index is 1.84. The minimum absolute atomic E-state index is 0.285. The van der Waals surface area contributed by atoms with Crippen molar-refractivity contribution in [3.8, 4) is 0 Å². The van der Waals surface area contributed by atoms with Crippen LogP contribution in [0.2, 0.25) is 0 Å². The summed E-state index contributed by atoms with van der Waals surface area (Å²) in [6.07, 6.45) is 0.835. The molecular weight excluding hydrogens is 370 g/mol. The monoisotopic (exact) mass is 395 g/mol. The Morgan fingerprint density at radius 1 is 1.23 bits per heavy atom. The van der Waals surface area contributed by atoms with Crippen LogP contribution in [-0.2, 0) is 23.0 Å². The van der Waals surface area contributed by atoms with E-state index in [4.69, 9.17) is 0 Å². The third-order valence-corrected chi connectivity index (χ3v) is 6.38. The van der Waals surface area contributed by atoms with Crippen LogP contribution in [0.5, 0.6) is 0 Å². The summed E-state index contributed by atoms with van der Waals surface area (Å²) in [6, 6.07) is 6.84. The van der Waals surface area contributed by atoms with E-state index in [-0.39, 0.29) is 4.90 Å². The third kappa shape index (κ3) is 5.52. The fourth-order valence-corrected chi connectivity index (χ4v) is 3.78. The molecule has 2 rings (SSSR count). The number of thiazole rings is 1. The van der Waals surface area contributed by atoms with Crippen LogP contribution in [-0.4, -0.2) is 51.4 Å². The van der Waals surface area contributed by atoms with Crippen molar-refractivity contribution in [1.82, 2.24) is 19.9 Å². The average Bonchev–Trinajstić information content (AvgIpc) is 3.03. The molecule has 0 aliphatic rings. The van der Waals surface area contributed by atoms with Gasteiger partial charge in [-0.15, -0.1) is 11.3 Å². The minimum atomic E-state index is -3.39. The number of nitrogens with one attached hydrogen (secondary N) is 2. The number of aromatic nitrogens is 1. The van der Waals surface area contributed by atoms with Gasteiger partial charge in [-0.3, -0.25) is 4.99 Å². The molecule has 1 aromatic carbocycles. The lowest BCUT2D eigenvalue weighted by molar-refractivity contribution is 0.520. The molecule has 0 fully saturated rings. The lowest BCUT2D eigenvalue weighted by atomic mass is 10.2. The number of sulfonamides is 1. The van der Waals surface area contributed by atoms with Crippen molar-refractivity contribution < 1.29 is 8.42 Å². The molecule has 1 heterocycles. The van der Waals surface area contributed by atoms with Crippen LogP contribution < -0.4 is 10.6 Å². The second-order valence-electron chi connectivity index (χ2n) is 5.89. The molecule has 142 valence electrons. The highest BCUT2D eigenvalue weighted by Gasteiger charge is 2.16. The number of rotatable bonds is 7. The summed E-state index contributed by atoms with van der Waals surface area (Å²) in [5.41, 5.74) is 2.05. The van der Waals surface area contributed by atoms with Crippen LogP contribution >= 0.6 is 11.3 Å². The molecule has 26 heavy (non-hydrogen) atoms. The van der Waals surface area contributed by atoms with Gasteiger partial charge in [-0.2, -0.15) is 0 Å². The van der Waals surface area contributed by atoms with E-state index in [1.165, 1.54) is 18.4 Å². The van der Waals surface area contributed by atoms with Gasteiger partial charge in [-0.05, 0) is 24.6 Å². The summed E-state index contributed by atoms with van der Waals surface area (Å²) >= 11 is 1.65. The number of nitrogens with zero attached hydrogens (tertiary/aromatic N) is 3. The number of benzene rings is 1. The molecule has 0 spiro atoms. The lowest BCUT2D eigenvalue weighted by Crippen LogP contribution is -2.37. The maximum Gasteiger partial charge on any atom is 0.242 e. The van der Waals surface area contributed by atoms with Gasteiger partial charge < -0.3 is 10.6 Å². The molecule has 0 bridgehead atoms. The highest BCUT2D eigenvalue weighted by molar-refractivity contribution is 7.89. The molecular formula is C17H25N5O2S2. The topological polar surface area (TPSA) is 86.7 Å². The molecule has 0 amide bonds. The van der Waals surface area contributed by atoms with Crippen molar-refractivity contribution in [2.24, 2.45) is 4.99 Å². The zero-order valence-electron chi connectivity index (χ0n) is 15.5. The molecule has 7 nitrogen and oxygen atoms in total. The van der Waals surface area contributed by atoms with Crippen LogP contribution in [0.1, 0.15) is 16.3 Å². The van der Waals surface area contributed by atoms with E-state index < -0.39 is 10.0 Å². The zero-order chi connectivity index (χ0) is 19.2. The summed E-state index contributed by atoms with van der Waals surface area (Å²) in [4.78, 5) is 8.91. The number of hydrogen-bond acceptors (Lipinski definition) is 5. The first kappa shape index (κ1) is 20.3. The predicted octanol–water partition coefficient (Wildman–Crippen LogP) is 1.61. The Labute approximate surface area is 159 Å². The maximum absolute atomic E-state index is 12.1. The van der Waals surface area contributed by atoms with Gasteiger partial charge in [0.15, 0.2) is 5.96 Å². The molecule has 1 aromatic heterocycles. The van der Waals surface area contributed by atoms with E-state index in [0.29, 0.717) is 12.5 Å². The number of hydrogen-bond donors (Lipinski definition) is 2. The van der Waals surface area contributed by atoms with Crippen LogP contribution in [0.15, 0.2) is 39.5 Å². The summed E-state index contributed by atoms with van der Waals surface area (Å²) in [7, 11) is 1.37. The quantitative estimate of drug-likeness (QED) is 0.549. The summed E-state index contributed by atoms with van der Waals surface area (Å²) in [5.74, 6) is 0.696. The van der Waals surface area contributed by atoms with Crippen molar-refractivity contribution >= 4 is 27.3 Å². The Kier molecular flexibility index (Phi) is 7.13. The molecule has 2 N–H and O–H groups in total. The van der Waals surface area contributed by atoms with Gasteiger partial charge in [0.2, 0.25) is 10.0 Å². The Hall–Kier alpha value is -1.97. The molecule has 0 saturated heterocycles. The maximum atomic E-state index is 12.1. The van der Waals surface area contributed by atoms with Gasteiger partial charge >= 0.3 is 0 Å². The van der Waals surface area contributed by atoms with E-state index in [1.54, 1.807) is 42.6 Å². The largest absolute Gasteiger partial charge is 0.356 e. The van der Waals surface area contributed by atoms with Crippen LogP contribution in [0, 0.1) is 6.92 Å². The van der Waals surface area contributed by atoms with Crippen molar-refractivity contribution in [3.05, 3.63) is 45.9 Å². The standard InChI is InChI=1S/C17H25N5O2S2/c1-13-21-15(12-25-13)9-10-19-17(18-2)20-11-14-5-7-16(8-6-14)26(23,24)22(3)4/h5-8,12H,9-11H2,1-4H3,(H2,18,19,20). The van der Waals surface area contributed by atoms with Crippen molar-refractivity contribution in [3.63, 3.8) is 0 Å². The van der Waals surface area contributed by atoms with Gasteiger partial charge in [0.1, 0.15) is 0 Å². The first-order chi connectivity index (χ1) is 12.3.